The van der Waals surface area contributed by atoms with Gasteiger partial charge in [-0.1, -0.05) is 12.1 Å². The van der Waals surface area contributed by atoms with E-state index < -0.39 is 18.5 Å². The van der Waals surface area contributed by atoms with Crippen molar-refractivity contribution in [1.29, 1.82) is 0 Å². The van der Waals surface area contributed by atoms with Crippen LogP contribution < -0.4 is 10.6 Å². The molecule has 1 aromatic carbocycles. The Morgan fingerprint density at radius 1 is 1.22 bits per heavy atom. The van der Waals surface area contributed by atoms with Crippen LogP contribution in [0.2, 0.25) is 0 Å². The maximum absolute atomic E-state index is 12.2. The van der Waals surface area contributed by atoms with Gasteiger partial charge in [0, 0.05) is 11.7 Å². The highest BCUT2D eigenvalue weighted by Crippen LogP contribution is 2.21. The number of hydrogen-bond donors (Lipinski definition) is 2. The number of benzene rings is 1. The summed E-state index contributed by atoms with van der Waals surface area (Å²) in [4.78, 5) is 36.3. The summed E-state index contributed by atoms with van der Waals surface area (Å²) in [6, 6.07) is 8.80. The Labute approximate surface area is 156 Å². The number of hydrogen-bond acceptors (Lipinski definition) is 5. The molecule has 0 atom stereocenters. The first-order valence-corrected chi connectivity index (χ1v) is 8.79. The molecule has 0 unspecified atom stereocenters. The summed E-state index contributed by atoms with van der Waals surface area (Å²) in [5, 5.41) is 9.68. The van der Waals surface area contributed by atoms with Crippen LogP contribution in [0.3, 0.4) is 0 Å². The quantitative estimate of drug-likeness (QED) is 0.721. The number of esters is 1. The van der Waals surface area contributed by atoms with Gasteiger partial charge in [-0.2, -0.15) is 5.10 Å². The Hall–Kier alpha value is -3.16. The molecule has 2 amide bonds. The van der Waals surface area contributed by atoms with Crippen molar-refractivity contribution in [1.82, 2.24) is 15.1 Å². The smallest absolute Gasteiger partial charge is 0.328 e. The lowest BCUT2D eigenvalue weighted by atomic mass is 10.1. The van der Waals surface area contributed by atoms with Crippen LogP contribution in [0.4, 0.5) is 5.69 Å². The van der Waals surface area contributed by atoms with Crippen molar-refractivity contribution in [2.45, 2.75) is 39.3 Å². The van der Waals surface area contributed by atoms with Gasteiger partial charge in [-0.25, -0.2) is 0 Å². The molecule has 142 valence electrons. The molecule has 1 aliphatic rings. The van der Waals surface area contributed by atoms with Gasteiger partial charge in [0.2, 0.25) is 0 Å². The Morgan fingerprint density at radius 2 is 1.96 bits per heavy atom. The lowest BCUT2D eigenvalue weighted by molar-refractivity contribution is -0.148. The molecule has 0 aliphatic heterocycles. The lowest BCUT2D eigenvalue weighted by Crippen LogP contribution is -2.28. The first-order chi connectivity index (χ1) is 12.9. The van der Waals surface area contributed by atoms with Crippen LogP contribution in [0.15, 0.2) is 30.3 Å². The fourth-order valence-corrected chi connectivity index (χ4v) is 2.62. The standard InChI is InChI=1S/C19H22N4O4/c1-12-9-13(2)23(22-12)10-18(25)27-11-17(24)21-16-6-4-3-5-15(16)19(26)20-14-7-8-14/h3-6,9,14H,7-8,10-11H2,1-2H3,(H,20,26)(H,21,24). The van der Waals surface area contributed by atoms with Crippen LogP contribution in [-0.2, 0) is 20.9 Å². The molecule has 2 aromatic rings. The zero-order valence-electron chi connectivity index (χ0n) is 15.3. The van der Waals surface area contributed by atoms with Crippen molar-refractivity contribution in [3.63, 3.8) is 0 Å². The number of para-hydroxylation sites is 1. The summed E-state index contributed by atoms with van der Waals surface area (Å²) in [5.41, 5.74) is 2.41. The predicted molar refractivity (Wildman–Crippen MR) is 98.2 cm³/mol. The number of nitrogens with one attached hydrogen (secondary N) is 2. The Kier molecular flexibility index (Phi) is 5.54. The molecule has 8 nitrogen and oxygen atoms in total. The normalized spacial score (nSPS) is 13.1. The molecular formula is C19H22N4O4. The highest BCUT2D eigenvalue weighted by molar-refractivity contribution is 6.04. The summed E-state index contributed by atoms with van der Waals surface area (Å²) in [7, 11) is 0. The number of aryl methyl sites for hydroxylation is 2. The van der Waals surface area contributed by atoms with Crippen molar-refractivity contribution in [2.75, 3.05) is 11.9 Å². The molecule has 1 fully saturated rings. The van der Waals surface area contributed by atoms with Gasteiger partial charge >= 0.3 is 5.97 Å². The number of rotatable bonds is 7. The molecule has 0 bridgehead atoms. The van der Waals surface area contributed by atoms with Gasteiger partial charge in [0.1, 0.15) is 6.54 Å². The second kappa shape index (κ2) is 8.03. The molecular weight excluding hydrogens is 348 g/mol. The average Bonchev–Trinajstić information content (AvgIpc) is 3.37. The largest absolute Gasteiger partial charge is 0.454 e. The third-order valence-corrected chi connectivity index (χ3v) is 4.10. The number of carbonyl (C=O) groups is 3. The van der Waals surface area contributed by atoms with Gasteiger partial charge in [-0.05, 0) is 44.9 Å². The number of ether oxygens (including phenoxy) is 1. The third-order valence-electron chi connectivity index (χ3n) is 4.10. The van der Waals surface area contributed by atoms with Gasteiger partial charge in [-0.15, -0.1) is 0 Å². The summed E-state index contributed by atoms with van der Waals surface area (Å²) in [5.74, 6) is -1.30. The molecule has 8 heteroatoms. The summed E-state index contributed by atoms with van der Waals surface area (Å²) in [6.45, 7) is 3.17. The van der Waals surface area contributed by atoms with Crippen molar-refractivity contribution in [3.8, 4) is 0 Å². The van der Waals surface area contributed by atoms with Crippen LogP contribution in [0.1, 0.15) is 34.6 Å². The summed E-state index contributed by atoms with van der Waals surface area (Å²) < 4.78 is 6.53. The Balaban J connectivity index is 1.52. The van der Waals surface area contributed by atoms with Crippen molar-refractivity contribution >= 4 is 23.5 Å². The number of anilines is 1. The van der Waals surface area contributed by atoms with Gasteiger partial charge in [0.25, 0.3) is 11.8 Å². The average molecular weight is 370 g/mol. The maximum atomic E-state index is 12.2. The second-order valence-corrected chi connectivity index (χ2v) is 6.59. The first kappa shape index (κ1) is 18.6. The van der Waals surface area contributed by atoms with Crippen LogP contribution >= 0.6 is 0 Å². The summed E-state index contributed by atoms with van der Waals surface area (Å²) in [6.07, 6.45) is 1.96. The van der Waals surface area contributed by atoms with Gasteiger partial charge in [0.15, 0.2) is 6.61 Å². The van der Waals surface area contributed by atoms with Crippen molar-refractivity contribution in [3.05, 3.63) is 47.3 Å². The summed E-state index contributed by atoms with van der Waals surface area (Å²) >= 11 is 0. The van der Waals surface area contributed by atoms with E-state index in [2.05, 4.69) is 15.7 Å². The molecule has 1 heterocycles. The maximum Gasteiger partial charge on any atom is 0.328 e. The van der Waals surface area contributed by atoms with E-state index in [1.165, 1.54) is 4.68 Å². The molecule has 1 aromatic heterocycles. The number of nitrogens with zero attached hydrogens (tertiary/aromatic N) is 2. The van der Waals surface area contributed by atoms with Crippen LogP contribution in [0.25, 0.3) is 0 Å². The van der Waals surface area contributed by atoms with E-state index in [4.69, 9.17) is 4.74 Å². The Morgan fingerprint density at radius 3 is 2.63 bits per heavy atom. The van der Waals surface area contributed by atoms with E-state index in [0.717, 1.165) is 24.2 Å². The van der Waals surface area contributed by atoms with E-state index in [1.54, 1.807) is 24.3 Å². The van der Waals surface area contributed by atoms with Crippen LogP contribution in [0, 0.1) is 13.8 Å². The van der Waals surface area contributed by atoms with E-state index >= 15 is 0 Å². The fourth-order valence-electron chi connectivity index (χ4n) is 2.62. The monoisotopic (exact) mass is 370 g/mol. The SMILES string of the molecule is Cc1cc(C)n(CC(=O)OCC(=O)Nc2ccccc2C(=O)NC2CC2)n1. The van der Waals surface area contributed by atoms with E-state index in [1.807, 2.05) is 19.9 Å². The number of carbonyl (C=O) groups excluding carboxylic acids is 3. The first-order valence-electron chi connectivity index (χ1n) is 8.79. The Bertz CT molecular complexity index is 870. The molecule has 27 heavy (non-hydrogen) atoms. The van der Waals surface area contributed by atoms with Crippen molar-refractivity contribution < 1.29 is 19.1 Å². The number of aromatic nitrogens is 2. The molecule has 0 radical (unpaired) electrons. The van der Waals surface area contributed by atoms with E-state index in [0.29, 0.717) is 11.3 Å². The zero-order valence-corrected chi connectivity index (χ0v) is 15.3. The van der Waals surface area contributed by atoms with Crippen molar-refractivity contribution in [2.24, 2.45) is 0 Å². The van der Waals surface area contributed by atoms with E-state index in [-0.39, 0.29) is 18.5 Å². The highest BCUT2D eigenvalue weighted by atomic mass is 16.5. The van der Waals surface area contributed by atoms with E-state index in [9.17, 15) is 14.4 Å². The predicted octanol–water partition coefficient (Wildman–Crippen LogP) is 1.57. The van der Waals surface area contributed by atoms with Gasteiger partial charge < -0.3 is 15.4 Å². The number of amides is 2. The second-order valence-electron chi connectivity index (χ2n) is 6.59. The minimum atomic E-state index is -0.559. The topological polar surface area (TPSA) is 102 Å². The molecule has 1 aliphatic carbocycles. The minimum absolute atomic E-state index is 0.0622. The molecule has 0 saturated heterocycles. The molecule has 0 spiro atoms. The fraction of sp³-hybridized carbons (Fsp3) is 0.368. The third kappa shape index (κ3) is 5.16. The van der Waals surface area contributed by atoms with Crippen LogP contribution in [-0.4, -0.2) is 40.2 Å². The van der Waals surface area contributed by atoms with Crippen LogP contribution in [0.5, 0.6) is 0 Å². The molecule has 2 N–H and O–H groups in total. The van der Waals surface area contributed by atoms with Gasteiger partial charge in [0.05, 0.1) is 16.9 Å². The lowest BCUT2D eigenvalue weighted by Gasteiger charge is -2.11. The molecule has 1 saturated carbocycles. The molecule has 3 rings (SSSR count). The zero-order chi connectivity index (χ0) is 19.4. The van der Waals surface area contributed by atoms with Gasteiger partial charge in [-0.3, -0.25) is 19.1 Å². The highest BCUT2D eigenvalue weighted by Gasteiger charge is 2.25. The minimum Gasteiger partial charge on any atom is -0.454 e.